The Balaban J connectivity index is 1.73. The summed E-state index contributed by atoms with van der Waals surface area (Å²) in [7, 11) is -3.89. The maximum absolute atomic E-state index is 12.6. The van der Waals surface area contributed by atoms with Crippen LogP contribution in [0.3, 0.4) is 0 Å². The number of fused-ring (bicyclic) bond motifs is 1. The smallest absolute Gasteiger partial charge is 0.343 e. The highest BCUT2D eigenvalue weighted by molar-refractivity contribution is 7.89. The Bertz CT molecular complexity index is 1010. The van der Waals surface area contributed by atoms with Gasteiger partial charge in [-0.1, -0.05) is 18.2 Å². The number of aromatic nitrogens is 1. The Morgan fingerprint density at radius 1 is 1.04 bits per heavy atom. The minimum absolute atomic E-state index is 0.113. The lowest BCUT2D eigenvalue weighted by Gasteiger charge is -2.16. The van der Waals surface area contributed by atoms with Crippen molar-refractivity contribution in [1.29, 1.82) is 0 Å². The van der Waals surface area contributed by atoms with E-state index in [2.05, 4.69) is 4.72 Å². The third-order valence-corrected chi connectivity index (χ3v) is 5.60. The lowest BCUT2D eigenvalue weighted by Crippen LogP contribution is -2.29. The molecule has 26 heavy (non-hydrogen) atoms. The molecule has 0 bridgehead atoms. The van der Waals surface area contributed by atoms with Crippen molar-refractivity contribution in [2.45, 2.75) is 24.0 Å². The van der Waals surface area contributed by atoms with Crippen molar-refractivity contribution in [2.24, 2.45) is 0 Å². The molecule has 0 aliphatic heterocycles. The number of nitrogens with one attached hydrogen (secondary N) is 1. The monoisotopic (exact) mass is 382 g/mol. The summed E-state index contributed by atoms with van der Waals surface area (Å²) in [6.45, 7) is 1.98. The predicted octanol–water partition coefficient (Wildman–Crippen LogP) is 4.20. The highest BCUT2D eigenvalue weighted by Gasteiger charge is 2.30. The number of halogens is 3. The molecule has 0 spiro atoms. The van der Waals surface area contributed by atoms with Gasteiger partial charge in [0.05, 0.1) is 10.5 Å². The van der Waals surface area contributed by atoms with Gasteiger partial charge in [0.1, 0.15) is 0 Å². The second-order valence-electron chi connectivity index (χ2n) is 6.00. The van der Waals surface area contributed by atoms with Gasteiger partial charge in [0.15, 0.2) is 0 Å². The molecule has 0 aliphatic carbocycles. The van der Waals surface area contributed by atoms with Crippen LogP contribution in [0.25, 0.3) is 10.9 Å². The van der Waals surface area contributed by atoms with Crippen molar-refractivity contribution < 1.29 is 21.6 Å². The first-order valence-electron chi connectivity index (χ1n) is 7.91. The van der Waals surface area contributed by atoms with Gasteiger partial charge in [-0.3, -0.25) is 0 Å². The van der Waals surface area contributed by atoms with E-state index in [-0.39, 0.29) is 17.5 Å². The van der Waals surface area contributed by atoms with Crippen LogP contribution in [-0.2, 0) is 16.2 Å². The summed E-state index contributed by atoms with van der Waals surface area (Å²) in [4.78, 5) is -0.199. The van der Waals surface area contributed by atoms with Crippen LogP contribution in [0.5, 0.6) is 0 Å². The fraction of sp³-hybridized carbons (Fsp3) is 0.222. The molecule has 0 amide bonds. The Morgan fingerprint density at radius 2 is 1.69 bits per heavy atom. The minimum Gasteiger partial charge on any atom is -0.343 e. The zero-order chi connectivity index (χ0) is 18.9. The van der Waals surface area contributed by atoms with E-state index in [4.69, 9.17) is 0 Å². The van der Waals surface area contributed by atoms with Crippen LogP contribution in [0.15, 0.2) is 65.7 Å². The molecule has 4 nitrogen and oxygen atoms in total. The summed E-state index contributed by atoms with van der Waals surface area (Å²) in [6, 6.07) is 12.9. The quantitative estimate of drug-likeness (QED) is 0.719. The highest BCUT2D eigenvalue weighted by atomic mass is 32.2. The lowest BCUT2D eigenvalue weighted by atomic mass is 10.2. The average molecular weight is 382 g/mol. The maximum atomic E-state index is 12.6. The van der Waals surface area contributed by atoms with E-state index in [1.165, 1.54) is 0 Å². The summed E-state index contributed by atoms with van der Waals surface area (Å²) < 4.78 is 66.8. The van der Waals surface area contributed by atoms with Gasteiger partial charge in [0.2, 0.25) is 10.0 Å². The first-order chi connectivity index (χ1) is 12.2. The van der Waals surface area contributed by atoms with Crippen LogP contribution in [0, 0.1) is 0 Å². The number of alkyl halides is 3. The number of para-hydroxylation sites is 1. The van der Waals surface area contributed by atoms with E-state index in [1.807, 2.05) is 48.0 Å². The van der Waals surface area contributed by atoms with E-state index < -0.39 is 21.8 Å². The van der Waals surface area contributed by atoms with E-state index in [1.54, 1.807) is 0 Å². The third-order valence-electron chi connectivity index (χ3n) is 4.17. The molecule has 3 aromatic rings. The Labute approximate surface area is 149 Å². The van der Waals surface area contributed by atoms with Gasteiger partial charge in [0.25, 0.3) is 0 Å². The Morgan fingerprint density at radius 3 is 2.35 bits per heavy atom. The van der Waals surface area contributed by atoms with Gasteiger partial charge in [-0.2, -0.15) is 13.2 Å². The van der Waals surface area contributed by atoms with Crippen LogP contribution in [0.1, 0.15) is 18.5 Å². The number of sulfonamides is 1. The minimum atomic E-state index is -4.50. The van der Waals surface area contributed by atoms with Crippen molar-refractivity contribution in [3.63, 3.8) is 0 Å². The molecule has 138 valence electrons. The number of nitrogens with zero attached hydrogens (tertiary/aromatic N) is 1. The number of hydrogen-bond acceptors (Lipinski definition) is 2. The van der Waals surface area contributed by atoms with Crippen LogP contribution < -0.4 is 4.72 Å². The summed E-state index contributed by atoms with van der Waals surface area (Å²) >= 11 is 0. The largest absolute Gasteiger partial charge is 0.416 e. The van der Waals surface area contributed by atoms with Crippen LogP contribution in [0.4, 0.5) is 13.2 Å². The van der Waals surface area contributed by atoms with Crippen molar-refractivity contribution >= 4 is 20.9 Å². The summed E-state index contributed by atoms with van der Waals surface area (Å²) in [5, 5.41) is 1.05. The van der Waals surface area contributed by atoms with Crippen LogP contribution >= 0.6 is 0 Å². The van der Waals surface area contributed by atoms with Gasteiger partial charge in [0, 0.05) is 24.3 Å². The predicted molar refractivity (Wildman–Crippen MR) is 93.3 cm³/mol. The molecule has 1 heterocycles. The first kappa shape index (κ1) is 18.5. The number of rotatable bonds is 5. The van der Waals surface area contributed by atoms with Crippen molar-refractivity contribution in [1.82, 2.24) is 9.29 Å². The molecule has 0 fully saturated rings. The zero-order valence-corrected chi connectivity index (χ0v) is 14.7. The van der Waals surface area contributed by atoms with Gasteiger partial charge < -0.3 is 4.57 Å². The molecule has 1 atom stereocenters. The molecule has 0 aliphatic rings. The highest BCUT2D eigenvalue weighted by Crippen LogP contribution is 2.29. The average Bonchev–Trinajstić information content (AvgIpc) is 3.03. The maximum Gasteiger partial charge on any atom is 0.416 e. The molecule has 1 N–H and O–H groups in total. The van der Waals surface area contributed by atoms with Gasteiger partial charge >= 0.3 is 6.18 Å². The standard InChI is InChI=1S/C18H17F3N2O2S/c1-13(23-11-10-14-4-2-3-5-17(14)23)12-22-26(24,25)16-8-6-15(7-9-16)18(19,20)21/h2-11,13,22H,12H2,1H3. The second kappa shape index (κ2) is 6.77. The van der Waals surface area contributed by atoms with Gasteiger partial charge in [-0.25, -0.2) is 13.1 Å². The Hall–Kier alpha value is -2.32. The molecule has 0 radical (unpaired) electrons. The molecule has 8 heteroatoms. The van der Waals surface area contributed by atoms with Crippen molar-refractivity contribution in [3.8, 4) is 0 Å². The van der Waals surface area contributed by atoms with Crippen molar-refractivity contribution in [3.05, 3.63) is 66.4 Å². The second-order valence-corrected chi connectivity index (χ2v) is 7.77. The molecule has 0 saturated carbocycles. The fourth-order valence-corrected chi connectivity index (χ4v) is 3.85. The normalized spacial score (nSPS) is 13.8. The van der Waals surface area contributed by atoms with E-state index >= 15 is 0 Å². The molecule has 2 aromatic carbocycles. The van der Waals surface area contributed by atoms with Gasteiger partial charge in [-0.15, -0.1) is 0 Å². The summed E-state index contributed by atoms with van der Waals surface area (Å²) in [5.41, 5.74) is 0.0948. The number of hydrogen-bond donors (Lipinski definition) is 1. The Kier molecular flexibility index (Phi) is 4.81. The fourth-order valence-electron chi connectivity index (χ4n) is 2.72. The van der Waals surface area contributed by atoms with Crippen LogP contribution in [-0.4, -0.2) is 19.5 Å². The third kappa shape index (κ3) is 3.76. The van der Waals surface area contributed by atoms with Crippen LogP contribution in [0.2, 0.25) is 0 Å². The summed E-state index contributed by atoms with van der Waals surface area (Å²) in [5.74, 6) is 0. The van der Waals surface area contributed by atoms with E-state index in [0.717, 1.165) is 35.2 Å². The van der Waals surface area contributed by atoms with E-state index in [9.17, 15) is 21.6 Å². The first-order valence-corrected chi connectivity index (χ1v) is 9.39. The van der Waals surface area contributed by atoms with Crippen molar-refractivity contribution in [2.75, 3.05) is 6.54 Å². The topological polar surface area (TPSA) is 51.1 Å². The summed E-state index contributed by atoms with van der Waals surface area (Å²) in [6.07, 6.45) is -2.62. The molecule has 3 rings (SSSR count). The van der Waals surface area contributed by atoms with E-state index in [0.29, 0.717) is 0 Å². The number of benzene rings is 2. The molecular formula is C18H17F3N2O2S. The van der Waals surface area contributed by atoms with Gasteiger partial charge in [-0.05, 0) is 48.7 Å². The zero-order valence-electron chi connectivity index (χ0n) is 13.9. The lowest BCUT2D eigenvalue weighted by molar-refractivity contribution is -0.137. The SMILES string of the molecule is CC(CNS(=O)(=O)c1ccc(C(F)(F)F)cc1)n1ccc2ccccc21. The molecule has 1 aromatic heterocycles. The molecular weight excluding hydrogens is 365 g/mol. The molecule has 1 unspecified atom stereocenters. The molecule has 0 saturated heterocycles.